The molecule has 0 N–H and O–H groups in total. The molecule has 0 aromatic heterocycles. The van der Waals surface area contributed by atoms with Gasteiger partial charge in [0.05, 0.1) is 23.9 Å². The molecule has 1 spiro atoms. The number of fused-ring (bicyclic) bond motifs is 2. The largest absolute Gasteiger partial charge is 0.459 e. The van der Waals surface area contributed by atoms with Crippen LogP contribution >= 0.6 is 0 Å². The molecule has 4 rings (SSSR count). The normalized spacial score (nSPS) is 23.5. The molecule has 1 aromatic carbocycles. The van der Waals surface area contributed by atoms with Crippen LogP contribution in [0.4, 0.5) is 5.69 Å². The zero-order valence-corrected chi connectivity index (χ0v) is 21.1. The maximum absolute atomic E-state index is 14.0. The lowest BCUT2D eigenvalue weighted by molar-refractivity contribution is -0.148. The first-order valence-electron chi connectivity index (χ1n) is 12.6. The fourth-order valence-corrected chi connectivity index (χ4v) is 5.05. The summed E-state index contributed by atoms with van der Waals surface area (Å²) in [4.78, 5) is 47.4. The van der Waals surface area contributed by atoms with Gasteiger partial charge in [0.1, 0.15) is 11.1 Å². The van der Waals surface area contributed by atoms with Crippen molar-refractivity contribution in [2.24, 2.45) is 4.99 Å². The van der Waals surface area contributed by atoms with E-state index in [1.807, 2.05) is 19.1 Å². The topological polar surface area (TPSA) is 94.5 Å². The molecule has 1 amide bonds. The van der Waals surface area contributed by atoms with Gasteiger partial charge in [-0.25, -0.2) is 14.6 Å². The third-order valence-electron chi connectivity index (χ3n) is 6.47. The molecule has 1 aromatic rings. The number of likely N-dealkylation sites (N-methyl/N-ethyl adjacent to an activating group) is 1. The molecule has 8 nitrogen and oxygen atoms in total. The van der Waals surface area contributed by atoms with E-state index in [0.29, 0.717) is 17.8 Å². The fraction of sp³-hybridized carbons (Fsp3) is 0.556. The van der Waals surface area contributed by atoms with E-state index in [9.17, 15) is 14.4 Å². The molecule has 1 atom stereocenters. The SMILES string of the molecule is CCN1C(=O)C2(OC(=NC3CCCCC3)C(C(=O)OC(C)C)=C2C(=O)OC(C)C)c2ccccc21. The zero-order valence-electron chi connectivity index (χ0n) is 21.1. The average Bonchev–Trinajstić information content (AvgIpc) is 3.26. The number of carbonyl (C=O) groups excluding carboxylic acids is 3. The number of hydrogen-bond acceptors (Lipinski definition) is 7. The second-order valence-corrected chi connectivity index (χ2v) is 9.73. The highest BCUT2D eigenvalue weighted by Crippen LogP contribution is 2.52. The number of para-hydroxylation sites is 1. The summed E-state index contributed by atoms with van der Waals surface area (Å²) in [6.45, 7) is 9.10. The van der Waals surface area contributed by atoms with E-state index in [4.69, 9.17) is 19.2 Å². The number of anilines is 1. The first kappa shape index (κ1) is 24.9. The standard InChI is InChI=1S/C27H34N2O6/c1-6-29-20-15-11-10-14-19(20)27(26(29)32)22(25(31)34-17(4)5)21(24(30)33-16(2)3)23(35-27)28-18-12-8-7-9-13-18/h10-11,14-18H,6-9,12-13H2,1-5H3. The van der Waals surface area contributed by atoms with E-state index < -0.39 is 35.7 Å². The Bertz CT molecular complexity index is 1080. The number of benzene rings is 1. The molecule has 1 fully saturated rings. The molecule has 2 aliphatic heterocycles. The van der Waals surface area contributed by atoms with Crippen molar-refractivity contribution in [2.75, 3.05) is 11.4 Å². The second kappa shape index (κ2) is 9.84. The van der Waals surface area contributed by atoms with E-state index in [1.54, 1.807) is 44.7 Å². The third kappa shape index (κ3) is 4.34. The first-order valence-corrected chi connectivity index (χ1v) is 12.6. The van der Waals surface area contributed by atoms with Gasteiger partial charge in [0.25, 0.3) is 5.91 Å². The Morgan fingerprint density at radius 3 is 2.31 bits per heavy atom. The number of esters is 2. The van der Waals surface area contributed by atoms with Crippen LogP contribution in [-0.4, -0.2) is 48.5 Å². The van der Waals surface area contributed by atoms with E-state index in [-0.39, 0.29) is 23.1 Å². The van der Waals surface area contributed by atoms with Gasteiger partial charge in [-0.1, -0.05) is 37.5 Å². The third-order valence-corrected chi connectivity index (χ3v) is 6.47. The van der Waals surface area contributed by atoms with Crippen molar-refractivity contribution in [3.05, 3.63) is 41.0 Å². The van der Waals surface area contributed by atoms with Crippen molar-refractivity contribution in [2.45, 2.75) is 90.6 Å². The number of nitrogens with zero attached hydrogens (tertiary/aromatic N) is 2. The molecule has 1 aliphatic carbocycles. The lowest BCUT2D eigenvalue weighted by Gasteiger charge is -2.26. The van der Waals surface area contributed by atoms with Crippen LogP contribution in [0, 0.1) is 0 Å². The van der Waals surface area contributed by atoms with E-state index in [0.717, 1.165) is 32.1 Å². The molecule has 0 saturated heterocycles. The molecule has 0 radical (unpaired) electrons. The van der Waals surface area contributed by atoms with E-state index in [1.165, 1.54) is 0 Å². The van der Waals surface area contributed by atoms with Crippen LogP contribution < -0.4 is 4.90 Å². The van der Waals surface area contributed by atoms with Crippen molar-refractivity contribution >= 4 is 29.4 Å². The number of rotatable bonds is 6. The van der Waals surface area contributed by atoms with Crippen LogP contribution in [0.5, 0.6) is 0 Å². The van der Waals surface area contributed by atoms with Gasteiger partial charge in [-0.15, -0.1) is 0 Å². The molecule has 3 aliphatic rings. The summed E-state index contributed by atoms with van der Waals surface area (Å²) in [6, 6.07) is 7.10. The average molecular weight is 483 g/mol. The van der Waals surface area contributed by atoms with Gasteiger partial charge >= 0.3 is 11.9 Å². The summed E-state index contributed by atoms with van der Waals surface area (Å²) in [7, 11) is 0. The van der Waals surface area contributed by atoms with Crippen molar-refractivity contribution < 1.29 is 28.6 Å². The number of amides is 1. The van der Waals surface area contributed by atoms with Gasteiger partial charge in [0.2, 0.25) is 11.5 Å². The van der Waals surface area contributed by atoms with Gasteiger partial charge in [-0.05, 0) is 53.5 Å². The Kier molecular flexibility index (Phi) is 7.01. The first-order chi connectivity index (χ1) is 16.7. The van der Waals surface area contributed by atoms with E-state index in [2.05, 4.69) is 0 Å². The highest BCUT2D eigenvalue weighted by atomic mass is 16.6. The lowest BCUT2D eigenvalue weighted by atomic mass is 9.85. The Balaban J connectivity index is 1.98. The molecule has 35 heavy (non-hydrogen) atoms. The van der Waals surface area contributed by atoms with Gasteiger partial charge in [0, 0.05) is 12.1 Å². The summed E-state index contributed by atoms with van der Waals surface area (Å²) >= 11 is 0. The summed E-state index contributed by atoms with van der Waals surface area (Å²) in [5.74, 6) is -1.99. The predicted octanol–water partition coefficient (Wildman–Crippen LogP) is 4.21. The molecular formula is C27H34N2O6. The predicted molar refractivity (Wildman–Crippen MR) is 131 cm³/mol. The molecule has 2 heterocycles. The number of ether oxygens (including phenoxy) is 3. The van der Waals surface area contributed by atoms with Crippen molar-refractivity contribution in [3.63, 3.8) is 0 Å². The quantitative estimate of drug-likeness (QED) is 0.564. The Morgan fingerprint density at radius 2 is 1.69 bits per heavy atom. The lowest BCUT2D eigenvalue weighted by Crippen LogP contribution is -2.44. The van der Waals surface area contributed by atoms with Gasteiger partial charge in [-0.3, -0.25) is 4.79 Å². The smallest absolute Gasteiger partial charge is 0.344 e. The summed E-state index contributed by atoms with van der Waals surface area (Å²) in [5.41, 5.74) is -0.996. The molecule has 8 heteroatoms. The van der Waals surface area contributed by atoms with Crippen LogP contribution in [0.25, 0.3) is 0 Å². The van der Waals surface area contributed by atoms with Crippen LogP contribution in [0.1, 0.15) is 72.3 Å². The molecule has 1 unspecified atom stereocenters. The minimum Gasteiger partial charge on any atom is -0.459 e. The van der Waals surface area contributed by atoms with Crippen molar-refractivity contribution in [1.82, 2.24) is 0 Å². The summed E-state index contributed by atoms with van der Waals surface area (Å²) < 4.78 is 17.5. The van der Waals surface area contributed by atoms with Crippen LogP contribution in [0.15, 0.2) is 40.4 Å². The Labute approximate surface area is 206 Å². The molecule has 1 saturated carbocycles. The van der Waals surface area contributed by atoms with Crippen molar-refractivity contribution in [3.8, 4) is 0 Å². The minimum absolute atomic E-state index is 0.0145. The Morgan fingerprint density at radius 1 is 1.06 bits per heavy atom. The van der Waals surface area contributed by atoms with Gasteiger partial charge < -0.3 is 19.1 Å². The van der Waals surface area contributed by atoms with E-state index >= 15 is 0 Å². The highest BCUT2D eigenvalue weighted by molar-refractivity contribution is 6.29. The summed E-state index contributed by atoms with van der Waals surface area (Å²) in [5, 5.41) is 0. The minimum atomic E-state index is -1.85. The highest BCUT2D eigenvalue weighted by Gasteiger charge is 2.64. The Hall–Kier alpha value is -3.16. The number of carbonyl (C=O) groups is 3. The maximum Gasteiger partial charge on any atom is 0.344 e. The van der Waals surface area contributed by atoms with Crippen molar-refractivity contribution in [1.29, 1.82) is 0 Å². The molecule has 188 valence electrons. The number of hydrogen-bond donors (Lipinski definition) is 0. The van der Waals surface area contributed by atoms with Crippen LogP contribution in [0.2, 0.25) is 0 Å². The van der Waals surface area contributed by atoms with Crippen LogP contribution in [0.3, 0.4) is 0 Å². The molecule has 0 bridgehead atoms. The summed E-state index contributed by atoms with van der Waals surface area (Å²) in [6.07, 6.45) is 3.97. The van der Waals surface area contributed by atoms with Gasteiger partial charge in [-0.2, -0.15) is 0 Å². The second-order valence-electron chi connectivity index (χ2n) is 9.73. The molecular weight excluding hydrogens is 448 g/mol. The van der Waals surface area contributed by atoms with Gasteiger partial charge in [0.15, 0.2) is 0 Å². The fourth-order valence-electron chi connectivity index (χ4n) is 5.05. The van der Waals surface area contributed by atoms with Crippen LogP contribution in [-0.2, 0) is 34.2 Å². The zero-order chi connectivity index (χ0) is 25.3. The monoisotopic (exact) mass is 482 g/mol. The maximum atomic E-state index is 14.0. The number of aliphatic imine (C=N–C) groups is 1.